The number of anilines is 1. The van der Waals surface area contributed by atoms with E-state index in [1.807, 2.05) is 12.1 Å². The minimum absolute atomic E-state index is 0.0114. The molecule has 1 aliphatic rings. The largest absolute Gasteiger partial charge is 0.496 e. The van der Waals surface area contributed by atoms with E-state index in [4.69, 9.17) is 4.74 Å². The highest BCUT2D eigenvalue weighted by Gasteiger charge is 2.25. The van der Waals surface area contributed by atoms with Crippen LogP contribution in [0, 0.1) is 11.7 Å². The van der Waals surface area contributed by atoms with Crippen LogP contribution in [-0.4, -0.2) is 32.4 Å². The summed E-state index contributed by atoms with van der Waals surface area (Å²) >= 11 is 0. The molecular weight excluding hydrogens is 347 g/mol. The van der Waals surface area contributed by atoms with Crippen LogP contribution in [0.5, 0.6) is 5.75 Å². The molecule has 1 fully saturated rings. The number of hydrogen-bond acceptors (Lipinski definition) is 4. The Labute approximate surface area is 158 Å². The van der Waals surface area contributed by atoms with Crippen LogP contribution in [0.25, 0.3) is 0 Å². The number of nitrogens with zero attached hydrogens (tertiary/aromatic N) is 1. The summed E-state index contributed by atoms with van der Waals surface area (Å²) < 4.78 is 18.4. The molecule has 2 aromatic carbocycles. The Morgan fingerprint density at radius 1 is 1.22 bits per heavy atom. The van der Waals surface area contributed by atoms with Gasteiger partial charge in [0.1, 0.15) is 17.9 Å². The van der Waals surface area contributed by atoms with Gasteiger partial charge in [0.15, 0.2) is 0 Å². The normalized spacial score (nSPS) is 14.7. The van der Waals surface area contributed by atoms with Gasteiger partial charge in [-0.15, -0.1) is 0 Å². The summed E-state index contributed by atoms with van der Waals surface area (Å²) in [6.45, 7) is 1.90. The number of carbonyl (C=O) groups is 2. The lowest BCUT2D eigenvalue weighted by atomic mass is 9.95. The van der Waals surface area contributed by atoms with Crippen LogP contribution in [0.2, 0.25) is 0 Å². The molecule has 3 rings (SSSR count). The first kappa shape index (κ1) is 18.9. The number of hydrogen-bond donors (Lipinski definition) is 1. The number of ether oxygens (including phenoxy) is 1. The van der Waals surface area contributed by atoms with Crippen molar-refractivity contribution in [1.82, 2.24) is 5.32 Å². The van der Waals surface area contributed by atoms with Crippen molar-refractivity contribution in [3.8, 4) is 5.75 Å². The molecule has 27 heavy (non-hydrogen) atoms. The van der Waals surface area contributed by atoms with Gasteiger partial charge in [-0.1, -0.05) is 6.07 Å². The second-order valence-electron chi connectivity index (χ2n) is 6.64. The molecule has 6 heteroatoms. The molecule has 0 saturated carbocycles. The second kappa shape index (κ2) is 8.66. The number of halogens is 1. The lowest BCUT2D eigenvalue weighted by Crippen LogP contribution is -2.40. The molecule has 1 aliphatic heterocycles. The van der Waals surface area contributed by atoms with Gasteiger partial charge >= 0.3 is 0 Å². The van der Waals surface area contributed by atoms with E-state index in [-0.39, 0.29) is 17.6 Å². The molecule has 1 amide bonds. The zero-order chi connectivity index (χ0) is 19.2. The van der Waals surface area contributed by atoms with Crippen molar-refractivity contribution in [2.75, 3.05) is 25.1 Å². The average Bonchev–Trinajstić information content (AvgIpc) is 2.72. The zero-order valence-electron chi connectivity index (χ0n) is 15.3. The summed E-state index contributed by atoms with van der Waals surface area (Å²) in [6.07, 6.45) is 2.36. The Balaban J connectivity index is 1.51. The summed E-state index contributed by atoms with van der Waals surface area (Å²) in [6, 6.07) is 11.8. The molecule has 0 atom stereocenters. The predicted octanol–water partition coefficient (Wildman–Crippen LogP) is 3.18. The molecule has 0 bridgehead atoms. The van der Waals surface area contributed by atoms with Crippen LogP contribution in [0.1, 0.15) is 28.8 Å². The Hall–Kier alpha value is -2.89. The molecule has 0 unspecified atom stereocenters. The molecule has 0 radical (unpaired) electrons. The lowest BCUT2D eigenvalue weighted by molar-refractivity contribution is -0.125. The van der Waals surface area contributed by atoms with Gasteiger partial charge in [-0.25, -0.2) is 4.39 Å². The molecular formula is C21H23FN2O3. The van der Waals surface area contributed by atoms with Crippen molar-refractivity contribution >= 4 is 17.9 Å². The third-order valence-corrected chi connectivity index (χ3v) is 4.96. The highest BCUT2D eigenvalue weighted by Crippen LogP contribution is 2.24. The first-order chi connectivity index (χ1) is 13.1. The number of amides is 1. The summed E-state index contributed by atoms with van der Waals surface area (Å²) in [5.74, 6) is 0.0404. The van der Waals surface area contributed by atoms with Gasteiger partial charge in [0.25, 0.3) is 0 Å². The Kier molecular flexibility index (Phi) is 6.06. The number of methoxy groups -OCH3 is 1. The molecule has 0 aliphatic carbocycles. The Morgan fingerprint density at radius 3 is 2.56 bits per heavy atom. The van der Waals surface area contributed by atoms with Crippen LogP contribution in [-0.2, 0) is 11.3 Å². The van der Waals surface area contributed by atoms with Crippen molar-refractivity contribution in [3.05, 3.63) is 59.4 Å². The fourth-order valence-electron chi connectivity index (χ4n) is 3.35. The van der Waals surface area contributed by atoms with E-state index in [1.165, 1.54) is 19.2 Å². The van der Waals surface area contributed by atoms with E-state index < -0.39 is 0 Å². The van der Waals surface area contributed by atoms with Gasteiger partial charge in [0.2, 0.25) is 5.91 Å². The van der Waals surface area contributed by atoms with E-state index in [0.29, 0.717) is 17.9 Å². The Bertz CT molecular complexity index is 800. The maximum Gasteiger partial charge on any atom is 0.223 e. The number of carbonyl (C=O) groups excluding carboxylic acids is 2. The van der Waals surface area contributed by atoms with E-state index in [2.05, 4.69) is 10.2 Å². The molecule has 1 heterocycles. The van der Waals surface area contributed by atoms with Gasteiger partial charge < -0.3 is 15.0 Å². The standard InChI is InChI=1S/C21H23FN2O3/c1-27-20-12-18(22)5-4-17(20)13-23-21(26)16-8-10-24(11-9-16)19-6-2-15(14-25)3-7-19/h2-7,12,14,16H,8-11,13H2,1H3,(H,23,26). The maximum absolute atomic E-state index is 13.3. The highest BCUT2D eigenvalue weighted by molar-refractivity contribution is 5.79. The molecule has 1 N–H and O–H groups in total. The lowest BCUT2D eigenvalue weighted by Gasteiger charge is -2.33. The first-order valence-corrected chi connectivity index (χ1v) is 9.01. The minimum atomic E-state index is -0.365. The van der Waals surface area contributed by atoms with Gasteiger partial charge in [-0.3, -0.25) is 9.59 Å². The molecule has 1 saturated heterocycles. The topological polar surface area (TPSA) is 58.6 Å². The number of aldehydes is 1. The van der Waals surface area contributed by atoms with E-state index in [1.54, 1.807) is 18.2 Å². The quantitative estimate of drug-likeness (QED) is 0.794. The zero-order valence-corrected chi connectivity index (χ0v) is 15.3. The molecule has 0 spiro atoms. The van der Waals surface area contributed by atoms with Gasteiger partial charge in [-0.05, 0) is 43.2 Å². The smallest absolute Gasteiger partial charge is 0.223 e. The van der Waals surface area contributed by atoms with Crippen LogP contribution in [0.4, 0.5) is 10.1 Å². The van der Waals surface area contributed by atoms with Crippen LogP contribution in [0.15, 0.2) is 42.5 Å². The predicted molar refractivity (Wildman–Crippen MR) is 102 cm³/mol. The van der Waals surface area contributed by atoms with Crippen molar-refractivity contribution < 1.29 is 18.7 Å². The van der Waals surface area contributed by atoms with E-state index >= 15 is 0 Å². The van der Waals surface area contributed by atoms with Crippen molar-refractivity contribution in [2.24, 2.45) is 5.92 Å². The second-order valence-corrected chi connectivity index (χ2v) is 6.64. The fraction of sp³-hybridized carbons (Fsp3) is 0.333. The third kappa shape index (κ3) is 4.64. The van der Waals surface area contributed by atoms with Crippen molar-refractivity contribution in [2.45, 2.75) is 19.4 Å². The SMILES string of the molecule is COc1cc(F)ccc1CNC(=O)C1CCN(c2ccc(C=O)cc2)CC1. The first-order valence-electron chi connectivity index (χ1n) is 9.01. The number of nitrogens with one attached hydrogen (secondary N) is 1. The molecule has 0 aromatic heterocycles. The highest BCUT2D eigenvalue weighted by atomic mass is 19.1. The molecule has 5 nitrogen and oxygen atoms in total. The van der Waals surface area contributed by atoms with Crippen LogP contribution in [0.3, 0.4) is 0 Å². The number of piperidine rings is 1. The van der Waals surface area contributed by atoms with Crippen LogP contribution >= 0.6 is 0 Å². The maximum atomic E-state index is 13.3. The van der Waals surface area contributed by atoms with Crippen molar-refractivity contribution in [1.29, 1.82) is 0 Å². The average molecular weight is 370 g/mol. The summed E-state index contributed by atoms with van der Waals surface area (Å²) in [5, 5.41) is 2.93. The minimum Gasteiger partial charge on any atom is -0.496 e. The molecule has 142 valence electrons. The van der Waals surface area contributed by atoms with E-state index in [0.717, 1.165) is 43.5 Å². The Morgan fingerprint density at radius 2 is 1.93 bits per heavy atom. The molecule has 2 aromatic rings. The fourth-order valence-corrected chi connectivity index (χ4v) is 3.35. The number of rotatable bonds is 6. The van der Waals surface area contributed by atoms with Crippen LogP contribution < -0.4 is 15.0 Å². The number of benzene rings is 2. The summed E-state index contributed by atoms with van der Waals surface area (Å²) in [4.78, 5) is 25.5. The monoisotopic (exact) mass is 370 g/mol. The summed E-state index contributed by atoms with van der Waals surface area (Å²) in [5.41, 5.74) is 2.47. The summed E-state index contributed by atoms with van der Waals surface area (Å²) in [7, 11) is 1.48. The van der Waals surface area contributed by atoms with Gasteiger partial charge in [0, 0.05) is 48.4 Å². The van der Waals surface area contributed by atoms with Gasteiger partial charge in [0.05, 0.1) is 7.11 Å². The third-order valence-electron chi connectivity index (χ3n) is 4.96. The van der Waals surface area contributed by atoms with Gasteiger partial charge in [-0.2, -0.15) is 0 Å². The van der Waals surface area contributed by atoms with E-state index in [9.17, 15) is 14.0 Å². The van der Waals surface area contributed by atoms with Crippen molar-refractivity contribution in [3.63, 3.8) is 0 Å².